The van der Waals surface area contributed by atoms with Crippen LogP contribution in [0.25, 0.3) is 0 Å². The van der Waals surface area contributed by atoms with Crippen LogP contribution >= 0.6 is 11.6 Å². The molecule has 98 valence electrons. The normalized spacial score (nSPS) is 10.3. The maximum Gasteiger partial charge on any atom is 0.257 e. The van der Waals surface area contributed by atoms with Gasteiger partial charge in [-0.05, 0) is 12.1 Å². The lowest BCUT2D eigenvalue weighted by atomic mass is 10.2. The van der Waals surface area contributed by atoms with E-state index in [0.717, 1.165) is 6.20 Å². The van der Waals surface area contributed by atoms with Crippen molar-refractivity contribution in [2.45, 2.75) is 0 Å². The van der Waals surface area contributed by atoms with E-state index in [1.165, 1.54) is 6.20 Å². The largest absolute Gasteiger partial charge is 0.305 e. The highest BCUT2D eigenvalue weighted by molar-refractivity contribution is 6.29. The molecule has 0 aliphatic carbocycles. The van der Waals surface area contributed by atoms with E-state index in [9.17, 15) is 18.0 Å². The van der Waals surface area contributed by atoms with Gasteiger partial charge >= 0.3 is 0 Å². The van der Waals surface area contributed by atoms with E-state index >= 15 is 0 Å². The molecule has 0 fully saturated rings. The summed E-state index contributed by atoms with van der Waals surface area (Å²) < 4.78 is 38.6. The summed E-state index contributed by atoms with van der Waals surface area (Å²) in [4.78, 5) is 19.0. The summed E-state index contributed by atoms with van der Waals surface area (Å²) in [5, 5.41) is 2.35. The lowest BCUT2D eigenvalue weighted by molar-refractivity contribution is 0.102. The number of anilines is 1. The summed E-state index contributed by atoms with van der Waals surface area (Å²) in [5.41, 5.74) is -0.381. The molecule has 1 amide bonds. The van der Waals surface area contributed by atoms with Crippen LogP contribution in [0.1, 0.15) is 10.4 Å². The van der Waals surface area contributed by atoms with Gasteiger partial charge in [-0.2, -0.15) is 0 Å². The fraction of sp³-hybridized carbons (Fsp3) is 0. The number of hydrogen-bond donors (Lipinski definition) is 1. The summed E-state index contributed by atoms with van der Waals surface area (Å²) >= 11 is 5.50. The van der Waals surface area contributed by atoms with Gasteiger partial charge in [-0.1, -0.05) is 11.6 Å². The lowest BCUT2D eigenvalue weighted by Crippen LogP contribution is -2.14. The highest BCUT2D eigenvalue weighted by Gasteiger charge is 2.15. The van der Waals surface area contributed by atoms with Gasteiger partial charge in [-0.25, -0.2) is 23.1 Å². The van der Waals surface area contributed by atoms with Gasteiger partial charge in [0, 0.05) is 5.56 Å². The molecule has 0 atom stereocenters. The number of halogens is 4. The average Bonchev–Trinajstić information content (AvgIpc) is 2.38. The van der Waals surface area contributed by atoms with E-state index in [2.05, 4.69) is 15.3 Å². The number of carbonyl (C=O) groups excluding carboxylic acids is 1. The van der Waals surface area contributed by atoms with Crippen molar-refractivity contribution in [1.82, 2.24) is 9.97 Å². The molecule has 0 radical (unpaired) electrons. The van der Waals surface area contributed by atoms with Crippen molar-refractivity contribution in [2.24, 2.45) is 0 Å². The van der Waals surface area contributed by atoms with Gasteiger partial charge in [0.2, 0.25) is 0 Å². The number of benzene rings is 1. The zero-order valence-corrected chi connectivity index (χ0v) is 9.88. The van der Waals surface area contributed by atoms with Crippen LogP contribution in [0.5, 0.6) is 0 Å². The van der Waals surface area contributed by atoms with Crippen molar-refractivity contribution in [3.05, 3.63) is 52.7 Å². The zero-order chi connectivity index (χ0) is 14.0. The first-order chi connectivity index (χ1) is 8.97. The summed E-state index contributed by atoms with van der Waals surface area (Å²) in [6, 6.07) is 1.16. The molecule has 8 heteroatoms. The quantitative estimate of drug-likeness (QED) is 0.864. The Morgan fingerprint density at radius 2 is 1.74 bits per heavy atom. The standard InChI is InChI=1S/C11H5ClF3N3O/c12-8-3-17-9(4-16-8)18-11(19)5-1-6(13)10(15)7(14)2-5/h1-4H,(H,17,18,19). The fourth-order valence-electron chi connectivity index (χ4n) is 1.25. The molecule has 0 aliphatic rings. The second-order valence-corrected chi connectivity index (χ2v) is 3.82. The Morgan fingerprint density at radius 1 is 1.11 bits per heavy atom. The van der Waals surface area contributed by atoms with Crippen molar-refractivity contribution >= 4 is 23.3 Å². The average molecular weight is 288 g/mol. The number of hydrogen-bond acceptors (Lipinski definition) is 3. The molecule has 2 rings (SSSR count). The van der Waals surface area contributed by atoms with E-state index < -0.39 is 23.4 Å². The number of nitrogens with one attached hydrogen (secondary N) is 1. The number of aromatic nitrogens is 2. The van der Waals surface area contributed by atoms with E-state index in [4.69, 9.17) is 11.6 Å². The molecule has 2 aromatic rings. The molecule has 0 unspecified atom stereocenters. The highest BCUT2D eigenvalue weighted by atomic mass is 35.5. The third-order valence-electron chi connectivity index (χ3n) is 2.11. The molecule has 1 aromatic heterocycles. The minimum Gasteiger partial charge on any atom is -0.305 e. The first kappa shape index (κ1) is 13.3. The zero-order valence-electron chi connectivity index (χ0n) is 9.12. The molecular weight excluding hydrogens is 283 g/mol. The van der Waals surface area contributed by atoms with Gasteiger partial charge in [0.1, 0.15) is 5.15 Å². The molecule has 0 saturated heterocycles. The Kier molecular flexibility index (Phi) is 3.66. The summed E-state index contributed by atoms with van der Waals surface area (Å²) in [6.07, 6.45) is 2.35. The topological polar surface area (TPSA) is 54.9 Å². The molecule has 1 heterocycles. The molecule has 0 bridgehead atoms. The second kappa shape index (κ2) is 5.23. The smallest absolute Gasteiger partial charge is 0.257 e. The van der Waals surface area contributed by atoms with Gasteiger partial charge in [-0.15, -0.1) is 0 Å². The molecular formula is C11H5ClF3N3O. The Hall–Kier alpha value is -2.15. The number of amides is 1. The number of nitrogens with zero attached hydrogens (tertiary/aromatic N) is 2. The van der Waals surface area contributed by atoms with Gasteiger partial charge in [-0.3, -0.25) is 4.79 Å². The number of carbonyl (C=O) groups is 1. The Morgan fingerprint density at radius 3 is 2.26 bits per heavy atom. The molecule has 1 aromatic carbocycles. The Balaban J connectivity index is 2.23. The van der Waals surface area contributed by atoms with Crippen LogP contribution in [-0.4, -0.2) is 15.9 Å². The summed E-state index contributed by atoms with van der Waals surface area (Å²) in [6.45, 7) is 0. The van der Waals surface area contributed by atoms with E-state index in [1.54, 1.807) is 0 Å². The van der Waals surface area contributed by atoms with E-state index in [1.807, 2.05) is 0 Å². The predicted octanol–water partition coefficient (Wildman–Crippen LogP) is 2.80. The summed E-state index contributed by atoms with van der Waals surface area (Å²) in [7, 11) is 0. The van der Waals surface area contributed by atoms with Gasteiger partial charge in [0.05, 0.1) is 12.4 Å². The fourth-order valence-corrected chi connectivity index (χ4v) is 1.35. The van der Waals surface area contributed by atoms with E-state index in [-0.39, 0.29) is 16.5 Å². The van der Waals surface area contributed by atoms with Crippen molar-refractivity contribution in [3.63, 3.8) is 0 Å². The maximum absolute atomic E-state index is 13.0. The van der Waals surface area contributed by atoms with E-state index in [0.29, 0.717) is 12.1 Å². The van der Waals surface area contributed by atoms with Crippen LogP contribution < -0.4 is 5.32 Å². The van der Waals surface area contributed by atoms with Crippen LogP contribution in [0.15, 0.2) is 24.5 Å². The molecule has 0 spiro atoms. The van der Waals surface area contributed by atoms with Gasteiger partial charge < -0.3 is 5.32 Å². The molecule has 0 saturated carbocycles. The van der Waals surface area contributed by atoms with Crippen LogP contribution in [0.2, 0.25) is 5.15 Å². The van der Waals surface area contributed by atoms with Crippen LogP contribution in [0.4, 0.5) is 19.0 Å². The third-order valence-corrected chi connectivity index (χ3v) is 2.30. The highest BCUT2D eigenvalue weighted by Crippen LogP contribution is 2.15. The minimum atomic E-state index is -1.64. The first-order valence-corrected chi connectivity index (χ1v) is 5.28. The van der Waals surface area contributed by atoms with Crippen molar-refractivity contribution in [2.75, 3.05) is 5.32 Å². The van der Waals surface area contributed by atoms with Crippen molar-refractivity contribution in [1.29, 1.82) is 0 Å². The van der Waals surface area contributed by atoms with Crippen LogP contribution in [-0.2, 0) is 0 Å². The Bertz CT molecular complexity index is 611. The monoisotopic (exact) mass is 287 g/mol. The lowest BCUT2D eigenvalue weighted by Gasteiger charge is -2.05. The SMILES string of the molecule is O=C(Nc1cnc(Cl)cn1)c1cc(F)c(F)c(F)c1. The number of rotatable bonds is 2. The van der Waals surface area contributed by atoms with Crippen LogP contribution in [0, 0.1) is 17.5 Å². The van der Waals surface area contributed by atoms with Gasteiger partial charge in [0.25, 0.3) is 5.91 Å². The van der Waals surface area contributed by atoms with Crippen molar-refractivity contribution < 1.29 is 18.0 Å². The molecule has 19 heavy (non-hydrogen) atoms. The molecule has 0 aliphatic heterocycles. The Labute approximate surface area is 110 Å². The van der Waals surface area contributed by atoms with Crippen molar-refractivity contribution in [3.8, 4) is 0 Å². The predicted molar refractivity (Wildman–Crippen MR) is 61.3 cm³/mol. The third kappa shape index (κ3) is 3.00. The maximum atomic E-state index is 13.0. The van der Waals surface area contributed by atoms with Crippen LogP contribution in [0.3, 0.4) is 0 Å². The summed E-state index contributed by atoms with van der Waals surface area (Å²) in [5.74, 6) is -5.35. The molecule has 4 nitrogen and oxygen atoms in total. The second-order valence-electron chi connectivity index (χ2n) is 3.43. The first-order valence-electron chi connectivity index (χ1n) is 4.91. The minimum absolute atomic E-state index is 0.0412. The van der Waals surface area contributed by atoms with Gasteiger partial charge in [0.15, 0.2) is 23.3 Å². The molecule has 1 N–H and O–H groups in total.